The van der Waals surface area contributed by atoms with E-state index in [4.69, 9.17) is 9.47 Å². The summed E-state index contributed by atoms with van der Waals surface area (Å²) in [5.41, 5.74) is -0.596. The average Bonchev–Trinajstić information content (AvgIpc) is 2.79. The Morgan fingerprint density at radius 1 is 1.21 bits per heavy atom. The lowest BCUT2D eigenvalue weighted by Gasteiger charge is -2.32. The molecular weight excluding hydrogens is 312 g/mol. The maximum absolute atomic E-state index is 12.5. The number of hydrogen-bond donors (Lipinski definition) is 1. The van der Waals surface area contributed by atoms with Gasteiger partial charge in [-0.25, -0.2) is 9.59 Å². The minimum absolute atomic E-state index is 0.0383. The second-order valence-electron chi connectivity index (χ2n) is 7.50. The first-order valence-corrected chi connectivity index (χ1v) is 8.61. The number of fused-ring (bicyclic) bond motifs is 1. The van der Waals surface area contributed by atoms with E-state index >= 15 is 0 Å². The van der Waals surface area contributed by atoms with Crippen LogP contribution in [0.15, 0.2) is 0 Å². The molecule has 0 aromatic rings. The predicted octanol–water partition coefficient (Wildman–Crippen LogP) is 1.99. The number of rotatable bonds is 2. The molecule has 24 heavy (non-hydrogen) atoms. The van der Waals surface area contributed by atoms with Crippen molar-refractivity contribution in [3.05, 3.63) is 0 Å². The van der Waals surface area contributed by atoms with Crippen LogP contribution in [0.25, 0.3) is 0 Å². The third-order valence-corrected chi connectivity index (χ3v) is 4.49. The highest BCUT2D eigenvalue weighted by Crippen LogP contribution is 2.32. The molecule has 2 fully saturated rings. The van der Waals surface area contributed by atoms with Gasteiger partial charge in [0.15, 0.2) is 0 Å². The molecule has 3 unspecified atom stereocenters. The number of methoxy groups -OCH3 is 1. The van der Waals surface area contributed by atoms with E-state index in [-0.39, 0.29) is 18.0 Å². The van der Waals surface area contributed by atoms with Crippen molar-refractivity contribution in [3.63, 3.8) is 0 Å². The Balaban J connectivity index is 2.17. The molecule has 3 atom stereocenters. The van der Waals surface area contributed by atoms with Crippen molar-refractivity contribution in [1.82, 2.24) is 10.2 Å². The molecule has 0 spiro atoms. The maximum atomic E-state index is 12.5. The van der Waals surface area contributed by atoms with Crippen molar-refractivity contribution in [1.29, 1.82) is 0 Å². The summed E-state index contributed by atoms with van der Waals surface area (Å²) in [6, 6.07) is -1.12. The minimum Gasteiger partial charge on any atom is -0.467 e. The maximum Gasteiger partial charge on any atom is 0.407 e. The predicted molar refractivity (Wildman–Crippen MR) is 87.3 cm³/mol. The summed E-state index contributed by atoms with van der Waals surface area (Å²) in [5.74, 6) is -0.467. The van der Waals surface area contributed by atoms with Crippen LogP contribution >= 0.6 is 0 Å². The third kappa shape index (κ3) is 4.39. The largest absolute Gasteiger partial charge is 0.467 e. The van der Waals surface area contributed by atoms with Gasteiger partial charge in [0.05, 0.1) is 19.2 Å². The monoisotopic (exact) mass is 340 g/mol. The molecule has 2 aliphatic rings. The van der Waals surface area contributed by atoms with E-state index in [1.54, 1.807) is 25.7 Å². The number of esters is 1. The number of alkyl carbamates (subject to hydrolysis) is 1. The number of amides is 2. The molecule has 2 heterocycles. The molecule has 1 N–H and O–H groups in total. The molecule has 0 aromatic carbocycles. The van der Waals surface area contributed by atoms with E-state index in [1.807, 2.05) is 0 Å². The second kappa shape index (κ2) is 7.40. The van der Waals surface area contributed by atoms with E-state index < -0.39 is 23.7 Å². The van der Waals surface area contributed by atoms with Gasteiger partial charge in [-0.05, 0) is 33.6 Å². The van der Waals surface area contributed by atoms with Crippen molar-refractivity contribution < 1.29 is 23.9 Å². The quantitative estimate of drug-likeness (QED) is 0.777. The summed E-state index contributed by atoms with van der Waals surface area (Å²) < 4.78 is 10.2. The summed E-state index contributed by atoms with van der Waals surface area (Å²) in [6.07, 6.45) is 3.82. The normalized spacial score (nSPS) is 27.8. The van der Waals surface area contributed by atoms with Gasteiger partial charge in [0, 0.05) is 12.8 Å². The molecule has 7 heteroatoms. The highest BCUT2D eigenvalue weighted by atomic mass is 16.6. The fourth-order valence-corrected chi connectivity index (χ4v) is 3.53. The molecule has 136 valence electrons. The molecule has 2 rings (SSSR count). The summed E-state index contributed by atoms with van der Waals surface area (Å²) in [6.45, 7) is 5.39. The van der Waals surface area contributed by atoms with Gasteiger partial charge < -0.3 is 19.7 Å². The minimum atomic E-state index is -0.634. The average molecular weight is 340 g/mol. The van der Waals surface area contributed by atoms with Crippen molar-refractivity contribution in [2.24, 2.45) is 0 Å². The Bertz CT molecular complexity index is 500. The van der Waals surface area contributed by atoms with Crippen LogP contribution in [0.5, 0.6) is 0 Å². The first-order chi connectivity index (χ1) is 11.2. The number of nitrogens with one attached hydrogen (secondary N) is 1. The van der Waals surface area contributed by atoms with Gasteiger partial charge in [-0.3, -0.25) is 4.79 Å². The Labute approximate surface area is 143 Å². The Hall–Kier alpha value is -1.79. The van der Waals surface area contributed by atoms with E-state index in [0.717, 1.165) is 25.7 Å². The van der Waals surface area contributed by atoms with E-state index in [0.29, 0.717) is 12.8 Å². The number of nitrogens with zero attached hydrogens (tertiary/aromatic N) is 1. The van der Waals surface area contributed by atoms with E-state index in [9.17, 15) is 14.4 Å². The van der Waals surface area contributed by atoms with Gasteiger partial charge >= 0.3 is 12.1 Å². The van der Waals surface area contributed by atoms with Crippen molar-refractivity contribution in [2.75, 3.05) is 7.11 Å². The highest BCUT2D eigenvalue weighted by Gasteiger charge is 2.48. The molecular formula is C17H28N2O5. The molecule has 0 radical (unpaired) electrons. The van der Waals surface area contributed by atoms with E-state index in [2.05, 4.69) is 5.32 Å². The molecule has 0 saturated carbocycles. The van der Waals surface area contributed by atoms with Crippen LogP contribution < -0.4 is 5.32 Å². The zero-order chi connectivity index (χ0) is 17.9. The summed E-state index contributed by atoms with van der Waals surface area (Å²) in [5, 5.41) is 2.85. The van der Waals surface area contributed by atoms with Crippen molar-refractivity contribution in [2.45, 2.75) is 83.0 Å². The lowest BCUT2D eigenvalue weighted by atomic mass is 9.99. The molecule has 2 saturated heterocycles. The smallest absolute Gasteiger partial charge is 0.407 e. The highest BCUT2D eigenvalue weighted by molar-refractivity contribution is 5.86. The van der Waals surface area contributed by atoms with Crippen molar-refractivity contribution >= 4 is 18.0 Å². The fourth-order valence-electron chi connectivity index (χ4n) is 3.53. The van der Waals surface area contributed by atoms with Crippen LogP contribution in [0.3, 0.4) is 0 Å². The zero-order valence-corrected chi connectivity index (χ0v) is 15.0. The molecule has 0 aromatic heterocycles. The number of hydrogen-bond acceptors (Lipinski definition) is 5. The van der Waals surface area contributed by atoms with Crippen LogP contribution in [0.4, 0.5) is 4.79 Å². The second-order valence-corrected chi connectivity index (χ2v) is 7.50. The van der Waals surface area contributed by atoms with Gasteiger partial charge in [-0.2, -0.15) is 0 Å². The Kier molecular flexibility index (Phi) is 5.72. The van der Waals surface area contributed by atoms with Gasteiger partial charge in [-0.1, -0.05) is 12.8 Å². The van der Waals surface area contributed by atoms with Crippen molar-refractivity contribution in [3.8, 4) is 0 Å². The number of ether oxygens (including phenoxy) is 2. The molecule has 2 aliphatic heterocycles. The molecule has 2 amide bonds. The van der Waals surface area contributed by atoms with Crippen LogP contribution in [0.1, 0.15) is 59.3 Å². The summed E-state index contributed by atoms with van der Waals surface area (Å²) in [4.78, 5) is 38.4. The van der Waals surface area contributed by atoms with Gasteiger partial charge in [0.2, 0.25) is 5.91 Å². The van der Waals surface area contributed by atoms with Gasteiger partial charge in [0.25, 0.3) is 0 Å². The first-order valence-electron chi connectivity index (χ1n) is 8.61. The first kappa shape index (κ1) is 18.5. The number of carbonyl (C=O) groups excluding carboxylic acids is 3. The van der Waals surface area contributed by atoms with Crippen LogP contribution in [0.2, 0.25) is 0 Å². The van der Waals surface area contributed by atoms with Crippen LogP contribution in [-0.2, 0) is 19.1 Å². The third-order valence-electron chi connectivity index (χ3n) is 4.49. The molecule has 0 bridgehead atoms. The Morgan fingerprint density at radius 3 is 2.54 bits per heavy atom. The number of carbonyl (C=O) groups is 3. The zero-order valence-electron chi connectivity index (χ0n) is 15.0. The summed E-state index contributed by atoms with van der Waals surface area (Å²) >= 11 is 0. The standard InChI is InChI=1S/C17H28N2O5/c1-17(2,3)24-16(22)18-11-10-13(15(21)23-4)19-12(11)8-6-5-7-9-14(19)20/h11-13H,5-10H2,1-4H3,(H,18,22). The topological polar surface area (TPSA) is 84.9 Å². The van der Waals surface area contributed by atoms with Gasteiger partial charge in [-0.15, -0.1) is 0 Å². The fraction of sp³-hybridized carbons (Fsp3) is 0.824. The van der Waals surface area contributed by atoms with E-state index in [1.165, 1.54) is 7.11 Å². The van der Waals surface area contributed by atoms with Crippen LogP contribution in [-0.4, -0.2) is 53.7 Å². The molecule has 0 aliphatic carbocycles. The molecule has 7 nitrogen and oxygen atoms in total. The summed E-state index contributed by atoms with van der Waals surface area (Å²) in [7, 11) is 1.32. The lowest BCUT2D eigenvalue weighted by molar-refractivity contribution is -0.152. The Morgan fingerprint density at radius 2 is 1.92 bits per heavy atom. The van der Waals surface area contributed by atoms with Crippen LogP contribution in [0, 0.1) is 0 Å². The lowest BCUT2D eigenvalue weighted by Crippen LogP contribution is -2.50. The van der Waals surface area contributed by atoms with Gasteiger partial charge in [0.1, 0.15) is 11.6 Å². The SMILES string of the molecule is COC(=O)C1CC(NC(=O)OC(C)(C)C)C2CCCCCC(=O)N12.